The molecule has 0 aliphatic rings. The summed E-state index contributed by atoms with van der Waals surface area (Å²) in [5.74, 6) is -0.0414. The van der Waals surface area contributed by atoms with E-state index < -0.39 is 0 Å². The number of amides is 1. The summed E-state index contributed by atoms with van der Waals surface area (Å²) < 4.78 is 0. The SMILES string of the molecule is N#Cc1ccc(NC(=O)CCNCc2ccccc2)cc1. The fourth-order valence-electron chi connectivity index (χ4n) is 1.88. The second kappa shape index (κ2) is 7.83. The van der Waals surface area contributed by atoms with Gasteiger partial charge in [-0.1, -0.05) is 30.3 Å². The molecule has 0 saturated carbocycles. The molecule has 0 bridgehead atoms. The van der Waals surface area contributed by atoms with Crippen LogP contribution < -0.4 is 10.6 Å². The van der Waals surface area contributed by atoms with Crippen LogP contribution in [0.25, 0.3) is 0 Å². The van der Waals surface area contributed by atoms with E-state index >= 15 is 0 Å². The van der Waals surface area contributed by atoms with Crippen molar-refractivity contribution < 1.29 is 4.79 Å². The summed E-state index contributed by atoms with van der Waals surface area (Å²) in [6.45, 7) is 1.38. The van der Waals surface area contributed by atoms with Crippen LogP contribution in [-0.4, -0.2) is 12.5 Å². The number of benzene rings is 2. The number of rotatable bonds is 6. The molecule has 2 aromatic rings. The Hall–Kier alpha value is -2.64. The van der Waals surface area contributed by atoms with Crippen molar-refractivity contribution in [3.8, 4) is 6.07 Å². The van der Waals surface area contributed by atoms with Gasteiger partial charge in [-0.05, 0) is 29.8 Å². The zero-order chi connectivity index (χ0) is 14.9. The van der Waals surface area contributed by atoms with Crippen molar-refractivity contribution in [1.82, 2.24) is 5.32 Å². The maximum Gasteiger partial charge on any atom is 0.225 e. The first kappa shape index (κ1) is 14.8. The van der Waals surface area contributed by atoms with Gasteiger partial charge in [0, 0.05) is 25.2 Å². The lowest BCUT2D eigenvalue weighted by Gasteiger charge is -2.06. The Kier molecular flexibility index (Phi) is 5.50. The highest BCUT2D eigenvalue weighted by Crippen LogP contribution is 2.08. The van der Waals surface area contributed by atoms with E-state index in [-0.39, 0.29) is 5.91 Å². The Morgan fingerprint density at radius 1 is 1.05 bits per heavy atom. The number of carbonyl (C=O) groups is 1. The van der Waals surface area contributed by atoms with Crippen LogP contribution in [0.15, 0.2) is 54.6 Å². The topological polar surface area (TPSA) is 64.9 Å². The van der Waals surface area contributed by atoms with Crippen molar-refractivity contribution in [2.75, 3.05) is 11.9 Å². The van der Waals surface area contributed by atoms with Gasteiger partial charge in [-0.3, -0.25) is 4.79 Å². The third-order valence-corrected chi connectivity index (χ3v) is 3.00. The molecule has 0 aliphatic heterocycles. The van der Waals surface area contributed by atoms with Crippen LogP contribution in [0.2, 0.25) is 0 Å². The molecule has 0 heterocycles. The predicted octanol–water partition coefficient (Wildman–Crippen LogP) is 2.68. The first-order valence-corrected chi connectivity index (χ1v) is 6.82. The Bertz CT molecular complexity index is 615. The van der Waals surface area contributed by atoms with Crippen LogP contribution >= 0.6 is 0 Å². The molecular formula is C17H17N3O. The summed E-state index contributed by atoms with van der Waals surface area (Å²) in [6.07, 6.45) is 0.410. The van der Waals surface area contributed by atoms with E-state index in [9.17, 15) is 4.79 Å². The molecule has 0 aliphatic carbocycles. The Morgan fingerprint density at radius 3 is 2.43 bits per heavy atom. The summed E-state index contributed by atoms with van der Waals surface area (Å²) in [4.78, 5) is 11.8. The molecule has 21 heavy (non-hydrogen) atoms. The smallest absolute Gasteiger partial charge is 0.225 e. The van der Waals surface area contributed by atoms with Gasteiger partial charge in [0.1, 0.15) is 0 Å². The zero-order valence-electron chi connectivity index (χ0n) is 11.7. The summed E-state index contributed by atoms with van der Waals surface area (Å²) in [5, 5.41) is 14.7. The van der Waals surface area contributed by atoms with Crippen molar-refractivity contribution in [3.05, 3.63) is 65.7 Å². The van der Waals surface area contributed by atoms with Gasteiger partial charge in [0.05, 0.1) is 11.6 Å². The number of nitriles is 1. The quantitative estimate of drug-likeness (QED) is 0.799. The summed E-state index contributed by atoms with van der Waals surface area (Å²) >= 11 is 0. The normalized spacial score (nSPS) is 9.86. The van der Waals surface area contributed by atoms with Crippen molar-refractivity contribution in [3.63, 3.8) is 0 Å². The van der Waals surface area contributed by atoms with Crippen LogP contribution in [0, 0.1) is 11.3 Å². The van der Waals surface area contributed by atoms with E-state index in [0.717, 1.165) is 6.54 Å². The molecule has 1 amide bonds. The van der Waals surface area contributed by atoms with Crippen molar-refractivity contribution >= 4 is 11.6 Å². The van der Waals surface area contributed by atoms with E-state index in [1.165, 1.54) is 5.56 Å². The van der Waals surface area contributed by atoms with Crippen LogP contribution in [0.3, 0.4) is 0 Å². The molecule has 4 nitrogen and oxygen atoms in total. The zero-order valence-corrected chi connectivity index (χ0v) is 11.7. The molecule has 0 fully saturated rings. The maximum absolute atomic E-state index is 11.8. The molecule has 0 atom stereocenters. The number of hydrogen-bond donors (Lipinski definition) is 2. The van der Waals surface area contributed by atoms with Crippen molar-refractivity contribution in [2.24, 2.45) is 0 Å². The Balaban J connectivity index is 1.69. The third-order valence-electron chi connectivity index (χ3n) is 3.00. The molecule has 2 N–H and O–H groups in total. The van der Waals surface area contributed by atoms with E-state index in [1.807, 2.05) is 36.4 Å². The average molecular weight is 279 g/mol. The number of carbonyl (C=O) groups excluding carboxylic acids is 1. The fraction of sp³-hybridized carbons (Fsp3) is 0.176. The number of nitrogens with one attached hydrogen (secondary N) is 2. The minimum atomic E-state index is -0.0414. The molecule has 106 valence electrons. The highest BCUT2D eigenvalue weighted by molar-refractivity contribution is 5.90. The lowest BCUT2D eigenvalue weighted by Crippen LogP contribution is -2.21. The standard InChI is InChI=1S/C17H17N3O/c18-12-14-6-8-16(9-7-14)20-17(21)10-11-19-13-15-4-2-1-3-5-15/h1-9,19H,10-11,13H2,(H,20,21). The predicted molar refractivity (Wildman–Crippen MR) is 82.6 cm³/mol. The molecular weight excluding hydrogens is 262 g/mol. The summed E-state index contributed by atoms with van der Waals surface area (Å²) in [6, 6.07) is 18.9. The van der Waals surface area contributed by atoms with E-state index in [2.05, 4.69) is 10.6 Å². The van der Waals surface area contributed by atoms with Crippen LogP contribution in [0.4, 0.5) is 5.69 Å². The monoisotopic (exact) mass is 279 g/mol. The molecule has 0 radical (unpaired) electrons. The van der Waals surface area contributed by atoms with Gasteiger partial charge < -0.3 is 10.6 Å². The minimum absolute atomic E-state index is 0.0414. The second-order valence-corrected chi connectivity index (χ2v) is 4.65. The first-order chi connectivity index (χ1) is 10.3. The molecule has 0 unspecified atom stereocenters. The van der Waals surface area contributed by atoms with E-state index in [1.54, 1.807) is 24.3 Å². The lowest BCUT2D eigenvalue weighted by molar-refractivity contribution is -0.116. The molecule has 2 rings (SSSR count). The van der Waals surface area contributed by atoms with Gasteiger partial charge in [-0.25, -0.2) is 0 Å². The number of anilines is 1. The van der Waals surface area contributed by atoms with Crippen LogP contribution in [0.1, 0.15) is 17.5 Å². The fourth-order valence-corrected chi connectivity index (χ4v) is 1.88. The molecule has 2 aromatic carbocycles. The summed E-state index contributed by atoms with van der Waals surface area (Å²) in [7, 11) is 0. The number of hydrogen-bond acceptors (Lipinski definition) is 3. The Morgan fingerprint density at radius 2 is 1.76 bits per heavy atom. The lowest BCUT2D eigenvalue weighted by atomic mass is 10.2. The summed E-state index contributed by atoms with van der Waals surface area (Å²) in [5.41, 5.74) is 2.49. The van der Waals surface area contributed by atoms with Crippen molar-refractivity contribution in [2.45, 2.75) is 13.0 Å². The minimum Gasteiger partial charge on any atom is -0.326 e. The van der Waals surface area contributed by atoms with Gasteiger partial charge in [-0.2, -0.15) is 5.26 Å². The van der Waals surface area contributed by atoms with Gasteiger partial charge in [-0.15, -0.1) is 0 Å². The first-order valence-electron chi connectivity index (χ1n) is 6.82. The van der Waals surface area contributed by atoms with Crippen LogP contribution in [-0.2, 0) is 11.3 Å². The Labute approximate surface area is 124 Å². The highest BCUT2D eigenvalue weighted by atomic mass is 16.1. The molecule has 0 spiro atoms. The van der Waals surface area contributed by atoms with E-state index in [4.69, 9.17) is 5.26 Å². The van der Waals surface area contributed by atoms with Gasteiger partial charge >= 0.3 is 0 Å². The third kappa shape index (κ3) is 5.09. The second-order valence-electron chi connectivity index (χ2n) is 4.65. The number of nitrogens with zero attached hydrogens (tertiary/aromatic N) is 1. The maximum atomic E-state index is 11.8. The molecule has 0 aromatic heterocycles. The average Bonchev–Trinajstić information content (AvgIpc) is 2.53. The van der Waals surface area contributed by atoms with Gasteiger partial charge in [0.2, 0.25) is 5.91 Å². The largest absolute Gasteiger partial charge is 0.326 e. The van der Waals surface area contributed by atoms with Crippen molar-refractivity contribution in [1.29, 1.82) is 5.26 Å². The van der Waals surface area contributed by atoms with E-state index in [0.29, 0.717) is 24.2 Å². The molecule has 0 saturated heterocycles. The highest BCUT2D eigenvalue weighted by Gasteiger charge is 2.02. The van der Waals surface area contributed by atoms with Gasteiger partial charge in [0.15, 0.2) is 0 Å². The van der Waals surface area contributed by atoms with Gasteiger partial charge in [0.25, 0.3) is 0 Å². The van der Waals surface area contributed by atoms with Crippen LogP contribution in [0.5, 0.6) is 0 Å². The molecule has 4 heteroatoms.